The van der Waals surface area contributed by atoms with Crippen molar-refractivity contribution in [3.8, 4) is 0 Å². The Balaban J connectivity index is 1.27. The molecular formula is C33H34N4O2S. The van der Waals surface area contributed by atoms with Gasteiger partial charge in [-0.2, -0.15) is 0 Å². The number of carbonyl (C=O) groups is 2. The molecule has 3 heterocycles. The number of hydrogen-bond acceptors (Lipinski definition) is 4. The van der Waals surface area contributed by atoms with Gasteiger partial charge in [0.25, 0.3) is 5.91 Å². The molecule has 3 N–H and O–H groups in total. The Kier molecular flexibility index (Phi) is 7.15. The summed E-state index contributed by atoms with van der Waals surface area (Å²) in [5.41, 5.74) is 1.59. The van der Waals surface area contributed by atoms with Crippen LogP contribution < -0.4 is 10.6 Å². The Bertz CT molecular complexity index is 1580. The van der Waals surface area contributed by atoms with Crippen molar-refractivity contribution in [3.05, 3.63) is 101 Å². The molecule has 3 aromatic heterocycles. The zero-order valence-electron chi connectivity index (χ0n) is 22.7. The first kappa shape index (κ1) is 26.3. The molecule has 6 nitrogen and oxygen atoms in total. The molecule has 1 atom stereocenters. The van der Waals surface area contributed by atoms with Crippen LogP contribution in [-0.4, -0.2) is 34.9 Å². The summed E-state index contributed by atoms with van der Waals surface area (Å²) < 4.78 is 1.07. The predicted octanol–water partition coefficient (Wildman–Crippen LogP) is 6.48. The molecule has 0 spiro atoms. The van der Waals surface area contributed by atoms with Crippen molar-refractivity contribution in [2.24, 2.45) is 0 Å². The van der Waals surface area contributed by atoms with E-state index in [2.05, 4.69) is 21.7 Å². The number of carbonyl (C=O) groups excluding carboxylic acids is 2. The summed E-state index contributed by atoms with van der Waals surface area (Å²) in [7, 11) is 0. The van der Waals surface area contributed by atoms with Gasteiger partial charge >= 0.3 is 0 Å². The molecule has 0 radical (unpaired) electrons. The number of nitrogens with one attached hydrogen (secondary N) is 3. The topological polar surface area (TPSA) is 86.9 Å². The van der Waals surface area contributed by atoms with Gasteiger partial charge in [-0.1, -0.05) is 61.7 Å². The normalized spacial score (nSPS) is 16.4. The van der Waals surface area contributed by atoms with Crippen LogP contribution in [0.25, 0.3) is 21.0 Å². The number of H-pyrrole nitrogens is 1. The molecule has 0 aliphatic heterocycles. The maximum Gasteiger partial charge on any atom is 0.261 e. The van der Waals surface area contributed by atoms with Crippen molar-refractivity contribution in [2.75, 3.05) is 13.1 Å². The zero-order chi connectivity index (χ0) is 27.6. The lowest BCUT2D eigenvalue weighted by atomic mass is 9.71. The Labute approximate surface area is 238 Å². The first-order chi connectivity index (χ1) is 19.5. The van der Waals surface area contributed by atoms with E-state index in [9.17, 15) is 9.59 Å². The van der Waals surface area contributed by atoms with Crippen LogP contribution in [0.1, 0.15) is 60.1 Å². The number of thiophene rings is 1. The fraction of sp³-hybridized carbons (Fsp3) is 0.303. The Hall–Kier alpha value is -3.97. The van der Waals surface area contributed by atoms with Crippen LogP contribution in [0, 0.1) is 0 Å². The number of aromatic nitrogens is 2. The van der Waals surface area contributed by atoms with E-state index in [1.54, 1.807) is 0 Å². The van der Waals surface area contributed by atoms with Crippen molar-refractivity contribution < 1.29 is 9.59 Å². The number of benzene rings is 2. The second-order valence-corrected chi connectivity index (χ2v) is 12.3. The molecule has 7 heteroatoms. The highest BCUT2D eigenvalue weighted by atomic mass is 32.1. The standard InChI is InChI=1S/C33H34N4O2S/c1-32(29-20-23-11-3-5-13-25(23)37-29,21-35-30(38)27-19-24-12-4-6-14-26(24)40-27)31(39)36-22-33(16-8-2-9-17-33)28-15-7-10-18-34-28/h3-7,10-15,18-20,37H,2,8-9,16-17,21-22H2,1H3,(H,35,38)(H,36,39)/t32-/m0/s1. The largest absolute Gasteiger partial charge is 0.357 e. The molecule has 0 unspecified atom stereocenters. The molecule has 40 heavy (non-hydrogen) atoms. The summed E-state index contributed by atoms with van der Waals surface area (Å²) in [6.45, 7) is 2.59. The SMILES string of the molecule is C[C@@](CNC(=O)c1cc2ccccc2s1)(C(=O)NCC1(c2ccccn2)CCCCC1)c1cc2ccccc2[nH]1. The number of hydrogen-bond donors (Lipinski definition) is 3. The lowest BCUT2D eigenvalue weighted by Crippen LogP contribution is -2.53. The van der Waals surface area contributed by atoms with Gasteiger partial charge in [0.1, 0.15) is 5.41 Å². The molecule has 1 saturated carbocycles. The monoisotopic (exact) mass is 550 g/mol. The fourth-order valence-corrected chi connectivity index (χ4v) is 6.96. The van der Waals surface area contributed by atoms with Crippen LogP contribution in [0.15, 0.2) is 85.1 Å². The highest BCUT2D eigenvalue weighted by Gasteiger charge is 2.41. The summed E-state index contributed by atoms with van der Waals surface area (Å²) >= 11 is 1.46. The van der Waals surface area contributed by atoms with E-state index >= 15 is 0 Å². The van der Waals surface area contributed by atoms with E-state index in [0.29, 0.717) is 11.4 Å². The van der Waals surface area contributed by atoms with Gasteiger partial charge in [0, 0.05) is 46.3 Å². The Morgan fingerprint density at radius 1 is 0.925 bits per heavy atom. The molecule has 1 fully saturated rings. The zero-order valence-corrected chi connectivity index (χ0v) is 23.5. The predicted molar refractivity (Wildman–Crippen MR) is 162 cm³/mol. The number of amides is 2. The van der Waals surface area contributed by atoms with Crippen LogP contribution in [0.4, 0.5) is 0 Å². The fourth-order valence-electron chi connectivity index (χ4n) is 5.98. The maximum absolute atomic E-state index is 14.1. The minimum absolute atomic E-state index is 0.114. The molecule has 1 aliphatic rings. The van der Waals surface area contributed by atoms with Crippen molar-refractivity contribution in [1.82, 2.24) is 20.6 Å². The van der Waals surface area contributed by atoms with Crippen molar-refractivity contribution in [1.29, 1.82) is 0 Å². The Morgan fingerprint density at radius 3 is 2.42 bits per heavy atom. The third-order valence-electron chi connectivity index (χ3n) is 8.48. The first-order valence-electron chi connectivity index (χ1n) is 14.0. The quantitative estimate of drug-likeness (QED) is 0.207. The number of rotatable bonds is 8. The van der Waals surface area contributed by atoms with E-state index in [1.165, 1.54) is 17.8 Å². The minimum atomic E-state index is -1.01. The lowest BCUT2D eigenvalue weighted by Gasteiger charge is -2.38. The van der Waals surface area contributed by atoms with E-state index in [1.807, 2.05) is 85.9 Å². The van der Waals surface area contributed by atoms with E-state index in [-0.39, 0.29) is 23.8 Å². The van der Waals surface area contributed by atoms with Crippen molar-refractivity contribution >= 4 is 44.1 Å². The third kappa shape index (κ3) is 5.02. The second kappa shape index (κ2) is 10.9. The highest BCUT2D eigenvalue weighted by molar-refractivity contribution is 7.20. The van der Waals surface area contributed by atoms with Gasteiger partial charge in [0.15, 0.2) is 0 Å². The minimum Gasteiger partial charge on any atom is -0.357 e. The second-order valence-electron chi connectivity index (χ2n) is 11.2. The van der Waals surface area contributed by atoms with Gasteiger partial charge < -0.3 is 15.6 Å². The number of nitrogens with zero attached hydrogens (tertiary/aromatic N) is 1. The number of fused-ring (bicyclic) bond motifs is 2. The molecular weight excluding hydrogens is 516 g/mol. The van der Waals surface area contributed by atoms with Crippen molar-refractivity contribution in [2.45, 2.75) is 49.9 Å². The van der Waals surface area contributed by atoms with E-state index in [4.69, 9.17) is 4.98 Å². The lowest BCUT2D eigenvalue weighted by molar-refractivity contribution is -0.126. The van der Waals surface area contributed by atoms with Gasteiger partial charge in [-0.25, -0.2) is 0 Å². The molecule has 2 amide bonds. The summed E-state index contributed by atoms with van der Waals surface area (Å²) in [4.78, 5) is 36.2. The van der Waals surface area contributed by atoms with Gasteiger partial charge in [0.2, 0.25) is 5.91 Å². The first-order valence-corrected chi connectivity index (χ1v) is 14.8. The van der Waals surface area contributed by atoms with Gasteiger partial charge in [0.05, 0.1) is 4.88 Å². The van der Waals surface area contributed by atoms with Crippen LogP contribution in [0.3, 0.4) is 0 Å². The molecule has 0 saturated heterocycles. The molecule has 204 valence electrons. The molecule has 2 aromatic carbocycles. The van der Waals surface area contributed by atoms with Crippen LogP contribution in [-0.2, 0) is 15.6 Å². The van der Waals surface area contributed by atoms with E-state index in [0.717, 1.165) is 58.1 Å². The summed E-state index contributed by atoms with van der Waals surface area (Å²) in [5.74, 6) is -0.287. The van der Waals surface area contributed by atoms with Crippen LogP contribution in [0.2, 0.25) is 0 Å². The smallest absolute Gasteiger partial charge is 0.261 e. The summed E-state index contributed by atoms with van der Waals surface area (Å²) in [6.07, 6.45) is 7.28. The van der Waals surface area contributed by atoms with Crippen LogP contribution >= 0.6 is 11.3 Å². The molecule has 6 rings (SSSR count). The average molecular weight is 551 g/mol. The number of para-hydroxylation sites is 1. The summed E-state index contributed by atoms with van der Waals surface area (Å²) in [6, 6.07) is 25.9. The molecule has 0 bridgehead atoms. The molecule has 5 aromatic rings. The number of pyridine rings is 1. The Morgan fingerprint density at radius 2 is 1.68 bits per heavy atom. The number of aromatic amines is 1. The maximum atomic E-state index is 14.1. The summed E-state index contributed by atoms with van der Waals surface area (Å²) in [5, 5.41) is 8.47. The van der Waals surface area contributed by atoms with Gasteiger partial charge in [-0.05, 0) is 66.9 Å². The third-order valence-corrected chi connectivity index (χ3v) is 9.60. The highest BCUT2D eigenvalue weighted by Crippen LogP contribution is 2.38. The van der Waals surface area contributed by atoms with Crippen molar-refractivity contribution in [3.63, 3.8) is 0 Å². The molecule has 1 aliphatic carbocycles. The average Bonchev–Trinajstić information content (AvgIpc) is 3.64. The van der Waals surface area contributed by atoms with Crippen LogP contribution in [0.5, 0.6) is 0 Å². The van der Waals surface area contributed by atoms with Gasteiger partial charge in [-0.15, -0.1) is 11.3 Å². The van der Waals surface area contributed by atoms with E-state index < -0.39 is 5.41 Å². The van der Waals surface area contributed by atoms with Gasteiger partial charge in [-0.3, -0.25) is 14.6 Å².